The molecule has 0 bridgehead atoms. The van der Waals surface area contributed by atoms with Crippen LogP contribution in [0.5, 0.6) is 11.5 Å². The predicted molar refractivity (Wildman–Crippen MR) is 148 cm³/mol. The van der Waals surface area contributed by atoms with E-state index in [2.05, 4.69) is 6.92 Å². The maximum atomic E-state index is 14.8. The van der Waals surface area contributed by atoms with Crippen LogP contribution in [-0.4, -0.2) is 12.5 Å². The van der Waals surface area contributed by atoms with Crippen LogP contribution in [0.15, 0.2) is 91.2 Å². The number of benzene rings is 3. The van der Waals surface area contributed by atoms with Crippen molar-refractivity contribution in [1.82, 2.24) is 0 Å². The first-order valence-electron chi connectivity index (χ1n) is 13.3. The summed E-state index contributed by atoms with van der Waals surface area (Å²) >= 11 is 0. The van der Waals surface area contributed by atoms with Crippen LogP contribution < -0.4 is 20.9 Å². The van der Waals surface area contributed by atoms with Gasteiger partial charge >= 0.3 is 11.3 Å². The number of unbranched alkanes of at least 4 members (excludes halogenated alkanes) is 3. The molecular weight excluding hydrogens is 494 g/mol. The highest BCUT2D eigenvalue weighted by atomic mass is 16.5. The van der Waals surface area contributed by atoms with E-state index in [1.807, 2.05) is 30.3 Å². The Hall–Kier alpha value is -4.65. The third-order valence-electron chi connectivity index (χ3n) is 7.89. The molecule has 39 heavy (non-hydrogen) atoms. The van der Waals surface area contributed by atoms with E-state index in [1.54, 1.807) is 47.4 Å². The Morgan fingerprint density at radius 1 is 0.692 bits per heavy atom. The van der Waals surface area contributed by atoms with Gasteiger partial charge in [0.1, 0.15) is 27.7 Å². The Balaban J connectivity index is 1.62. The fourth-order valence-corrected chi connectivity index (χ4v) is 6.18. The Bertz CT molecular complexity index is 1820. The molecule has 0 N–H and O–H groups in total. The van der Waals surface area contributed by atoms with Gasteiger partial charge < -0.3 is 18.5 Å². The highest BCUT2D eigenvalue weighted by molar-refractivity contribution is 6.15. The standard InChI is InChI=1S/C32H25NO6/c1-2-3-4-11-18-33-22-15-8-7-14-21(22)32(31(33)36)25-27(19-12-5-9-16-23(19)37-29(25)34)39-28-20-13-6-10-17-24(20)38-30(35)26(28)32/h5-10,12-17H,2-4,11,18H2,1H3. The van der Waals surface area contributed by atoms with Gasteiger partial charge in [0, 0.05) is 17.8 Å². The largest absolute Gasteiger partial charge is 0.455 e. The van der Waals surface area contributed by atoms with Crippen LogP contribution in [0.4, 0.5) is 5.69 Å². The molecule has 0 atom stereocenters. The van der Waals surface area contributed by atoms with Gasteiger partial charge in [0.05, 0.1) is 10.8 Å². The fraction of sp³-hybridized carbons (Fsp3) is 0.219. The number of rotatable bonds is 5. The highest BCUT2D eigenvalue weighted by Gasteiger charge is 2.61. The SMILES string of the molecule is CCCCCCN1C(=O)C2(c3ccccc31)c1c(c3ccccc3oc1=O)Oc1c2c(=O)oc2ccccc12. The molecule has 7 rings (SSSR count). The number of amides is 1. The van der Waals surface area contributed by atoms with Crippen molar-refractivity contribution in [2.45, 2.75) is 38.0 Å². The Kier molecular flexibility index (Phi) is 5.23. The molecule has 0 saturated heterocycles. The van der Waals surface area contributed by atoms with E-state index in [1.165, 1.54) is 0 Å². The quantitative estimate of drug-likeness (QED) is 0.201. The van der Waals surface area contributed by atoms with Crippen molar-refractivity contribution in [3.63, 3.8) is 0 Å². The third kappa shape index (κ3) is 3.13. The first-order chi connectivity index (χ1) is 19.1. The van der Waals surface area contributed by atoms with Crippen LogP contribution in [0, 0.1) is 0 Å². The minimum absolute atomic E-state index is 0.00443. The third-order valence-corrected chi connectivity index (χ3v) is 7.89. The Morgan fingerprint density at radius 3 is 1.87 bits per heavy atom. The molecule has 3 aromatic carbocycles. The molecule has 0 fully saturated rings. The summed E-state index contributed by atoms with van der Waals surface area (Å²) in [7, 11) is 0. The topological polar surface area (TPSA) is 90.0 Å². The van der Waals surface area contributed by atoms with Crippen molar-refractivity contribution in [2.24, 2.45) is 0 Å². The Labute approximate surface area is 223 Å². The molecule has 0 radical (unpaired) electrons. The molecule has 7 heteroatoms. The van der Waals surface area contributed by atoms with Crippen LogP contribution >= 0.6 is 0 Å². The van der Waals surface area contributed by atoms with Gasteiger partial charge in [-0.1, -0.05) is 68.7 Å². The fourth-order valence-electron chi connectivity index (χ4n) is 6.18. The zero-order valence-electron chi connectivity index (χ0n) is 21.4. The second-order valence-corrected chi connectivity index (χ2v) is 10.1. The summed E-state index contributed by atoms with van der Waals surface area (Å²) in [4.78, 5) is 44.2. The van der Waals surface area contributed by atoms with E-state index in [-0.39, 0.29) is 28.5 Å². The first-order valence-corrected chi connectivity index (χ1v) is 13.3. The molecule has 2 aliphatic rings. The molecule has 0 aliphatic carbocycles. The van der Waals surface area contributed by atoms with Gasteiger partial charge in [0.25, 0.3) is 0 Å². The molecule has 4 heterocycles. The number of hydrogen-bond acceptors (Lipinski definition) is 6. The zero-order valence-corrected chi connectivity index (χ0v) is 21.4. The number of para-hydroxylation sites is 3. The van der Waals surface area contributed by atoms with E-state index in [0.717, 1.165) is 25.7 Å². The lowest BCUT2D eigenvalue weighted by Gasteiger charge is -2.34. The number of carbonyl (C=O) groups excluding carboxylic acids is 1. The van der Waals surface area contributed by atoms with Crippen LogP contribution in [0.2, 0.25) is 0 Å². The molecule has 5 aromatic rings. The van der Waals surface area contributed by atoms with E-state index >= 15 is 0 Å². The minimum atomic E-state index is -1.78. The van der Waals surface area contributed by atoms with Crippen molar-refractivity contribution in [1.29, 1.82) is 0 Å². The molecule has 0 saturated carbocycles. The van der Waals surface area contributed by atoms with Gasteiger partial charge in [-0.05, 0) is 36.8 Å². The maximum Gasteiger partial charge on any atom is 0.345 e. The monoisotopic (exact) mass is 519 g/mol. The summed E-state index contributed by atoms with van der Waals surface area (Å²) in [5, 5.41) is 1.09. The minimum Gasteiger partial charge on any atom is -0.455 e. The van der Waals surface area contributed by atoms with Crippen LogP contribution in [0.3, 0.4) is 0 Å². The smallest absolute Gasteiger partial charge is 0.345 e. The van der Waals surface area contributed by atoms with Gasteiger partial charge in [0.2, 0.25) is 5.91 Å². The predicted octanol–water partition coefficient (Wildman–Crippen LogP) is 6.27. The molecule has 1 amide bonds. The van der Waals surface area contributed by atoms with Crippen molar-refractivity contribution in [3.05, 3.63) is 110 Å². The van der Waals surface area contributed by atoms with Crippen LogP contribution in [0.1, 0.15) is 49.3 Å². The van der Waals surface area contributed by atoms with Gasteiger partial charge in [-0.15, -0.1) is 0 Å². The second-order valence-electron chi connectivity index (χ2n) is 10.1. The van der Waals surface area contributed by atoms with Crippen molar-refractivity contribution in [2.75, 3.05) is 11.4 Å². The molecule has 2 aliphatic heterocycles. The van der Waals surface area contributed by atoms with E-state index in [4.69, 9.17) is 13.6 Å². The molecule has 0 unspecified atom stereocenters. The molecular formula is C32H25NO6. The lowest BCUT2D eigenvalue weighted by atomic mass is 9.69. The summed E-state index contributed by atoms with van der Waals surface area (Å²) in [5.74, 6) is 0.0679. The maximum absolute atomic E-state index is 14.8. The number of ether oxygens (including phenoxy) is 1. The van der Waals surface area contributed by atoms with Crippen molar-refractivity contribution < 1.29 is 18.4 Å². The van der Waals surface area contributed by atoms with Gasteiger partial charge in [-0.3, -0.25) is 4.79 Å². The van der Waals surface area contributed by atoms with Gasteiger partial charge in [-0.25, -0.2) is 9.59 Å². The van der Waals surface area contributed by atoms with Crippen molar-refractivity contribution >= 4 is 33.5 Å². The summed E-state index contributed by atoms with van der Waals surface area (Å²) in [6.45, 7) is 2.59. The van der Waals surface area contributed by atoms with Crippen molar-refractivity contribution in [3.8, 4) is 11.5 Å². The molecule has 2 aromatic heterocycles. The zero-order chi connectivity index (χ0) is 26.7. The van der Waals surface area contributed by atoms with Gasteiger partial charge in [0.15, 0.2) is 11.5 Å². The normalized spacial score (nSPS) is 14.9. The average molecular weight is 520 g/mol. The van der Waals surface area contributed by atoms with Crippen LogP contribution in [-0.2, 0) is 10.2 Å². The second kappa shape index (κ2) is 8.70. The highest BCUT2D eigenvalue weighted by Crippen LogP contribution is 2.58. The lowest BCUT2D eigenvalue weighted by Crippen LogP contribution is -2.49. The first kappa shape index (κ1) is 23.5. The number of carbonyl (C=O) groups is 1. The van der Waals surface area contributed by atoms with Gasteiger partial charge in [-0.2, -0.15) is 0 Å². The summed E-state index contributed by atoms with van der Waals surface area (Å²) in [5.41, 5.74) is -1.34. The number of anilines is 1. The number of hydrogen-bond donors (Lipinski definition) is 0. The van der Waals surface area contributed by atoms with E-state index in [0.29, 0.717) is 39.7 Å². The van der Waals surface area contributed by atoms with E-state index < -0.39 is 16.7 Å². The van der Waals surface area contributed by atoms with Crippen LogP contribution in [0.25, 0.3) is 21.9 Å². The Morgan fingerprint density at radius 2 is 1.26 bits per heavy atom. The number of fused-ring (bicyclic) bond motifs is 10. The summed E-state index contributed by atoms with van der Waals surface area (Å²) < 4.78 is 18.0. The molecule has 7 nitrogen and oxygen atoms in total. The van der Waals surface area contributed by atoms with E-state index in [9.17, 15) is 14.4 Å². The summed E-state index contributed by atoms with van der Waals surface area (Å²) in [6.07, 6.45) is 3.87. The molecule has 1 spiro atoms. The summed E-state index contributed by atoms with van der Waals surface area (Å²) in [6, 6.07) is 21.5. The number of nitrogens with zero attached hydrogens (tertiary/aromatic N) is 1. The molecule has 194 valence electrons. The lowest BCUT2D eigenvalue weighted by molar-refractivity contribution is -0.121. The average Bonchev–Trinajstić information content (AvgIpc) is 3.18.